The summed E-state index contributed by atoms with van der Waals surface area (Å²) in [6.45, 7) is 4.67. The van der Waals surface area contributed by atoms with E-state index in [1.807, 2.05) is 111 Å². The first-order valence-corrected chi connectivity index (χ1v) is 22.7. The van der Waals surface area contributed by atoms with E-state index in [2.05, 4.69) is 33.4 Å². The van der Waals surface area contributed by atoms with Crippen molar-refractivity contribution in [1.29, 1.82) is 0 Å². The van der Waals surface area contributed by atoms with E-state index in [9.17, 15) is 10.2 Å². The Morgan fingerprint density at radius 2 is 0.803 bits per heavy atom. The molecule has 0 saturated heterocycles. The van der Waals surface area contributed by atoms with E-state index >= 15 is 8.78 Å². The van der Waals surface area contributed by atoms with E-state index in [1.54, 1.807) is 12.1 Å². The van der Waals surface area contributed by atoms with Gasteiger partial charge >= 0.3 is 0 Å². The predicted molar refractivity (Wildman–Crippen MR) is 262 cm³/mol. The summed E-state index contributed by atoms with van der Waals surface area (Å²) in [4.78, 5) is 0. The molecule has 6 nitrogen and oxygen atoms in total. The van der Waals surface area contributed by atoms with Crippen LogP contribution in [-0.4, -0.2) is 32.6 Å². The van der Waals surface area contributed by atoms with Gasteiger partial charge in [-0.05, 0) is 135 Å². The molecule has 0 spiro atoms. The molecule has 11 rings (SSSR count). The third-order valence-corrected chi connectivity index (χ3v) is 13.5. The summed E-state index contributed by atoms with van der Waals surface area (Å²) in [5.74, 6) is 0.362. The maximum atomic E-state index is 15.2. The fraction of sp³-hybridized carbons (Fsp3) is 0.172. The monoisotopic (exact) mass is 874 g/mol. The molecule has 8 heteroatoms. The van der Waals surface area contributed by atoms with Crippen LogP contribution >= 0.6 is 0 Å². The third kappa shape index (κ3) is 7.17. The van der Waals surface area contributed by atoms with E-state index in [-0.39, 0.29) is 23.3 Å². The lowest BCUT2D eigenvalue weighted by atomic mass is 9.80. The molecule has 0 unspecified atom stereocenters. The average molecular weight is 875 g/mol. The van der Waals surface area contributed by atoms with E-state index in [0.29, 0.717) is 58.3 Å². The van der Waals surface area contributed by atoms with Crippen LogP contribution in [0.4, 0.5) is 8.78 Å². The largest absolute Gasteiger partial charge is 0.505 e. The van der Waals surface area contributed by atoms with Crippen molar-refractivity contribution in [2.45, 2.75) is 39.5 Å². The van der Waals surface area contributed by atoms with Gasteiger partial charge in [0.05, 0.1) is 46.7 Å². The molecule has 8 aromatic carbocycles. The zero-order valence-electron chi connectivity index (χ0n) is 36.8. The molecule has 0 radical (unpaired) electrons. The molecule has 2 aromatic heterocycles. The summed E-state index contributed by atoms with van der Waals surface area (Å²) in [5.41, 5.74) is 8.74. The lowest BCUT2D eigenvalue weighted by Gasteiger charge is -2.32. The minimum Gasteiger partial charge on any atom is -0.505 e. The van der Waals surface area contributed by atoms with Crippen molar-refractivity contribution in [2.75, 3.05) is 13.2 Å². The van der Waals surface area contributed by atoms with Gasteiger partial charge in [0.15, 0.2) is 0 Å². The van der Waals surface area contributed by atoms with Crippen LogP contribution < -0.4 is 9.47 Å². The molecule has 1 fully saturated rings. The van der Waals surface area contributed by atoms with Gasteiger partial charge in [-0.25, -0.2) is 8.78 Å². The van der Waals surface area contributed by atoms with Gasteiger partial charge in [-0.2, -0.15) is 0 Å². The molecular formula is C58H48F2N2O4. The Balaban J connectivity index is 0.885. The van der Waals surface area contributed by atoms with Gasteiger partial charge < -0.3 is 28.8 Å². The number of hydrogen-bond acceptors (Lipinski definition) is 4. The molecule has 328 valence electrons. The molecule has 1 aliphatic rings. The Bertz CT molecular complexity index is 3160. The van der Waals surface area contributed by atoms with Gasteiger partial charge in [0, 0.05) is 43.8 Å². The summed E-state index contributed by atoms with van der Waals surface area (Å²) in [6.07, 6.45) is 3.89. The van der Waals surface area contributed by atoms with Crippen LogP contribution in [0, 0.1) is 37.3 Å². The van der Waals surface area contributed by atoms with Crippen molar-refractivity contribution in [3.8, 4) is 56.6 Å². The minimum absolute atomic E-state index is 0.0310. The quantitative estimate of drug-likeness (QED) is 0.144. The first-order chi connectivity index (χ1) is 32.2. The molecule has 0 amide bonds. The number of ether oxygens (including phenoxy) is 2. The number of rotatable bonds is 10. The van der Waals surface area contributed by atoms with Crippen molar-refractivity contribution in [3.63, 3.8) is 0 Å². The lowest BCUT2D eigenvalue weighted by Crippen LogP contribution is -2.30. The van der Waals surface area contributed by atoms with Crippen molar-refractivity contribution >= 4 is 43.6 Å². The van der Waals surface area contributed by atoms with Gasteiger partial charge in [0.25, 0.3) is 0 Å². The first kappa shape index (κ1) is 41.1. The van der Waals surface area contributed by atoms with E-state index in [0.717, 1.165) is 80.4 Å². The highest BCUT2D eigenvalue weighted by Crippen LogP contribution is 2.46. The molecule has 2 N–H and O–H groups in total. The van der Waals surface area contributed by atoms with Crippen LogP contribution in [-0.2, 0) is 0 Å². The number of halogens is 2. The van der Waals surface area contributed by atoms with E-state index in [4.69, 9.17) is 9.47 Å². The van der Waals surface area contributed by atoms with Gasteiger partial charge in [0.2, 0.25) is 0 Å². The van der Waals surface area contributed by atoms with Crippen LogP contribution in [0.25, 0.3) is 77.2 Å². The number of benzene rings is 8. The maximum absolute atomic E-state index is 15.2. The van der Waals surface area contributed by atoms with Crippen molar-refractivity contribution in [3.05, 3.63) is 180 Å². The molecule has 2 atom stereocenters. The smallest absolute Gasteiger partial charge is 0.147 e. The second kappa shape index (κ2) is 16.8. The topological polar surface area (TPSA) is 68.8 Å². The van der Waals surface area contributed by atoms with Gasteiger partial charge in [-0.15, -0.1) is 0 Å². The van der Waals surface area contributed by atoms with Crippen molar-refractivity contribution in [1.82, 2.24) is 9.13 Å². The molecule has 1 aliphatic carbocycles. The average Bonchev–Trinajstić information content (AvgIpc) is 3.85. The Kier molecular flexibility index (Phi) is 10.5. The molecule has 10 aromatic rings. The van der Waals surface area contributed by atoms with Gasteiger partial charge in [-0.1, -0.05) is 85.6 Å². The maximum Gasteiger partial charge on any atom is 0.147 e. The van der Waals surface area contributed by atoms with Crippen LogP contribution in [0.1, 0.15) is 36.8 Å². The SMILES string of the molecule is Cc1cc(-c2cc(F)ccc2OC[C@H]2CCCC[C@H]2COc2ccc(F)cc2-c2cc(C)cc(-n3c4ccccc4c4ccccc43)c2O)c(O)c(-n2c3ccccc3c3ccccc32)c1. The number of aryl methyl sites for hydroxylation is 2. The van der Waals surface area contributed by atoms with Crippen molar-refractivity contribution in [2.24, 2.45) is 11.8 Å². The number of aromatic nitrogens is 2. The normalized spacial score (nSPS) is 15.3. The van der Waals surface area contributed by atoms with Gasteiger partial charge in [0.1, 0.15) is 34.6 Å². The van der Waals surface area contributed by atoms with E-state index < -0.39 is 11.6 Å². The highest BCUT2D eigenvalue weighted by Gasteiger charge is 2.29. The Labute approximate surface area is 381 Å². The van der Waals surface area contributed by atoms with Gasteiger partial charge in [-0.3, -0.25) is 0 Å². The van der Waals surface area contributed by atoms with E-state index in [1.165, 1.54) is 24.3 Å². The molecule has 1 saturated carbocycles. The standard InChI is InChI=1S/C58H48F2N2O4/c1-35-27-47(57(63)53(29-35)61-49-19-9-5-15-41(49)42-16-6-10-20-50(42)61)45-31-39(59)23-25-55(45)65-33-37-13-3-4-14-38(37)34-66-56-26-24-40(60)32-46(56)48-28-36(2)30-54(58(48)64)62-51-21-11-7-17-43(51)44-18-8-12-22-52(44)62/h5-12,15-32,37-38,63-64H,3-4,13-14,33-34H2,1-2H3/t37-,38+. The number of nitrogens with zero attached hydrogens (tertiary/aromatic N) is 2. The van der Waals surface area contributed by atoms with Crippen molar-refractivity contribution < 1.29 is 28.5 Å². The molecule has 0 bridgehead atoms. The summed E-state index contributed by atoms with van der Waals surface area (Å²) >= 11 is 0. The zero-order valence-corrected chi connectivity index (χ0v) is 36.8. The summed E-state index contributed by atoms with van der Waals surface area (Å²) in [6, 6.07) is 49.2. The fourth-order valence-electron chi connectivity index (χ4n) is 10.4. The lowest BCUT2D eigenvalue weighted by molar-refractivity contribution is 0.105. The number of fused-ring (bicyclic) bond motifs is 6. The molecular weight excluding hydrogens is 827 g/mol. The predicted octanol–water partition coefficient (Wildman–Crippen LogP) is 14.8. The Hall–Kier alpha value is -7.58. The van der Waals surface area contributed by atoms with Crippen LogP contribution in [0.3, 0.4) is 0 Å². The zero-order chi connectivity index (χ0) is 45.1. The van der Waals surface area contributed by atoms with Crippen LogP contribution in [0.5, 0.6) is 23.0 Å². The highest BCUT2D eigenvalue weighted by molar-refractivity contribution is 6.10. The minimum atomic E-state index is -0.433. The summed E-state index contributed by atoms with van der Waals surface area (Å²) < 4.78 is 47.9. The number of phenols is 2. The Morgan fingerprint density at radius 3 is 1.17 bits per heavy atom. The molecule has 0 aliphatic heterocycles. The summed E-state index contributed by atoms with van der Waals surface area (Å²) in [7, 11) is 0. The fourth-order valence-corrected chi connectivity index (χ4v) is 10.4. The first-order valence-electron chi connectivity index (χ1n) is 22.7. The number of hydrogen-bond donors (Lipinski definition) is 2. The second-order valence-corrected chi connectivity index (χ2v) is 17.8. The van der Waals surface area contributed by atoms with Crippen LogP contribution in [0.2, 0.25) is 0 Å². The number of phenolic OH excluding ortho intramolecular Hbond substituents is 2. The Morgan fingerprint density at radius 1 is 0.455 bits per heavy atom. The second-order valence-electron chi connectivity index (χ2n) is 17.8. The number of aromatic hydroxyl groups is 2. The third-order valence-electron chi connectivity index (χ3n) is 13.5. The summed E-state index contributed by atoms with van der Waals surface area (Å²) in [5, 5.41) is 28.6. The highest BCUT2D eigenvalue weighted by atomic mass is 19.1. The van der Waals surface area contributed by atoms with Crippen LogP contribution in [0.15, 0.2) is 158 Å². The molecule has 2 heterocycles. The number of para-hydroxylation sites is 4. The molecule has 66 heavy (non-hydrogen) atoms.